The van der Waals surface area contributed by atoms with Crippen molar-refractivity contribution in [2.24, 2.45) is 0 Å². The summed E-state index contributed by atoms with van der Waals surface area (Å²) in [5, 5.41) is 15.3. The predicted octanol–water partition coefficient (Wildman–Crippen LogP) is 4.59. The van der Waals surface area contributed by atoms with Crippen LogP contribution in [0.2, 0.25) is 5.02 Å². The molecule has 1 saturated carbocycles. The summed E-state index contributed by atoms with van der Waals surface area (Å²) in [7, 11) is 0. The van der Waals surface area contributed by atoms with Crippen molar-refractivity contribution < 1.29 is 23.9 Å². The second-order valence-corrected chi connectivity index (χ2v) is 16.2. The van der Waals surface area contributed by atoms with E-state index in [4.69, 9.17) is 28.6 Å². The molecule has 1 aliphatic carbocycles. The zero-order chi connectivity index (χ0) is 38.7. The number of hydrogen-bond donors (Lipinski definition) is 2. The van der Waals surface area contributed by atoms with E-state index in [2.05, 4.69) is 50.2 Å². The molecule has 54 heavy (non-hydrogen) atoms. The van der Waals surface area contributed by atoms with Crippen molar-refractivity contribution in [2.75, 3.05) is 43.0 Å². The molecule has 1 unspecified atom stereocenters. The molecule has 4 heterocycles. The highest BCUT2D eigenvalue weighted by Gasteiger charge is 2.52. The quantitative estimate of drug-likeness (QED) is 0.187. The van der Waals surface area contributed by atoms with Crippen LogP contribution in [0.3, 0.4) is 0 Å². The van der Waals surface area contributed by atoms with Gasteiger partial charge in [0.2, 0.25) is 17.7 Å². The zero-order valence-electron chi connectivity index (χ0n) is 31.3. The summed E-state index contributed by atoms with van der Waals surface area (Å²) in [5.41, 5.74) is 1.27. The number of halogens is 1. The van der Waals surface area contributed by atoms with E-state index in [9.17, 15) is 24.4 Å². The van der Waals surface area contributed by atoms with Gasteiger partial charge in [-0.2, -0.15) is 5.26 Å². The molecule has 3 atom stereocenters. The van der Waals surface area contributed by atoms with Crippen LogP contribution in [0.15, 0.2) is 36.5 Å². The van der Waals surface area contributed by atoms with Crippen molar-refractivity contribution in [3.63, 3.8) is 0 Å². The number of rotatable bonds is 11. The highest BCUT2D eigenvalue weighted by molar-refractivity contribution is 7.80. The lowest BCUT2D eigenvalue weighted by molar-refractivity contribution is -0.134. The molecule has 13 nitrogen and oxygen atoms in total. The fourth-order valence-corrected chi connectivity index (χ4v) is 9.16. The molecule has 3 saturated heterocycles. The highest BCUT2D eigenvalue weighted by Crippen LogP contribution is 2.39. The number of piperidine rings is 1. The lowest BCUT2D eigenvalue weighted by Crippen LogP contribution is -2.58. The number of nitrogens with one attached hydrogen (secondary N) is 2. The molecule has 6 rings (SSSR count). The first kappa shape index (κ1) is 39.7. The summed E-state index contributed by atoms with van der Waals surface area (Å²) in [6.07, 6.45) is 6.90. The van der Waals surface area contributed by atoms with Gasteiger partial charge in [0.25, 0.3) is 5.91 Å². The van der Waals surface area contributed by atoms with Crippen LogP contribution in [0.5, 0.6) is 0 Å². The Balaban J connectivity index is 0.902. The minimum atomic E-state index is -0.803. The Morgan fingerprint density at radius 1 is 1.09 bits per heavy atom. The van der Waals surface area contributed by atoms with Crippen LogP contribution in [-0.4, -0.2) is 111 Å². The van der Waals surface area contributed by atoms with E-state index in [1.807, 2.05) is 13.8 Å². The number of nitriles is 1. The SMILES string of the molecule is C[C@@H]1CN(CCCOC2CCC(N3C(=S)N(c4ccc(C#N)c(Cl)c4)C(=O)C3(C)C)CC2)C[C@H](C)N1CC(=O)Nc1ccc(C2CCC(=O)NC2=O)nc1. The van der Waals surface area contributed by atoms with E-state index in [0.717, 1.165) is 51.7 Å². The number of amides is 4. The van der Waals surface area contributed by atoms with E-state index in [1.165, 1.54) is 0 Å². The van der Waals surface area contributed by atoms with E-state index >= 15 is 0 Å². The average molecular weight is 777 g/mol. The first-order valence-electron chi connectivity index (χ1n) is 18.8. The van der Waals surface area contributed by atoms with Crippen LogP contribution in [0.4, 0.5) is 11.4 Å². The summed E-state index contributed by atoms with van der Waals surface area (Å²) in [4.78, 5) is 62.9. The third-order valence-corrected chi connectivity index (χ3v) is 11.9. The maximum Gasteiger partial charge on any atom is 0.258 e. The van der Waals surface area contributed by atoms with Crippen LogP contribution < -0.4 is 15.5 Å². The number of pyridine rings is 1. The van der Waals surface area contributed by atoms with Crippen LogP contribution in [0.1, 0.15) is 89.8 Å². The first-order chi connectivity index (χ1) is 25.8. The monoisotopic (exact) mass is 776 g/mol. The van der Waals surface area contributed by atoms with E-state index in [-0.39, 0.29) is 60.8 Å². The lowest BCUT2D eigenvalue weighted by atomic mass is 9.89. The van der Waals surface area contributed by atoms with Crippen LogP contribution in [-0.2, 0) is 23.9 Å². The van der Waals surface area contributed by atoms with Crippen LogP contribution >= 0.6 is 23.8 Å². The topological polar surface area (TPSA) is 151 Å². The number of nitrogens with zero attached hydrogens (tertiary/aromatic N) is 6. The van der Waals surface area contributed by atoms with Crippen molar-refractivity contribution >= 4 is 63.9 Å². The Hall–Kier alpha value is -4.00. The smallest absolute Gasteiger partial charge is 0.258 e. The van der Waals surface area contributed by atoms with Gasteiger partial charge < -0.3 is 19.9 Å². The number of anilines is 2. The Morgan fingerprint density at radius 2 is 1.81 bits per heavy atom. The minimum Gasteiger partial charge on any atom is -0.378 e. The van der Waals surface area contributed by atoms with Crippen molar-refractivity contribution in [2.45, 2.75) is 108 Å². The Labute approximate surface area is 327 Å². The third kappa shape index (κ3) is 8.61. The molecule has 1 aromatic carbocycles. The number of imide groups is 1. The van der Waals surface area contributed by atoms with E-state index in [0.29, 0.717) is 45.8 Å². The van der Waals surface area contributed by atoms with Gasteiger partial charge in [-0.3, -0.25) is 39.3 Å². The number of hydrogen-bond acceptors (Lipinski definition) is 10. The summed E-state index contributed by atoms with van der Waals surface area (Å²) in [6.45, 7) is 11.7. The standard InChI is InChI=1S/C39H49ClN8O5S/c1-24-21-45(22-25(2)46(24)23-35(50)43-27-7-14-33(42-20-27)31-13-15-34(49)44-36(31)51)16-5-17-53-30-11-9-28(10-12-30)48-38(54)47(37(52)39(48,3)4)29-8-6-26(19-41)32(40)18-29/h6-8,14,18,20,24-25,28,30-31H,5,9-13,15-17,21-23H2,1-4H3,(H,43,50)(H,44,49,51)/t24-,25+,28?,30?,31?. The second-order valence-electron chi connectivity index (χ2n) is 15.4. The Morgan fingerprint density at radius 3 is 2.44 bits per heavy atom. The van der Waals surface area contributed by atoms with Crippen molar-refractivity contribution in [1.82, 2.24) is 25.0 Å². The summed E-state index contributed by atoms with van der Waals surface area (Å²) in [5.74, 6) is -1.28. The highest BCUT2D eigenvalue weighted by atomic mass is 35.5. The Kier molecular flexibility index (Phi) is 12.3. The van der Waals surface area contributed by atoms with Crippen molar-refractivity contribution in [3.05, 3.63) is 52.8 Å². The lowest BCUT2D eigenvalue weighted by Gasteiger charge is -2.44. The molecule has 4 fully saturated rings. The molecule has 0 radical (unpaired) electrons. The number of aromatic nitrogens is 1. The van der Waals surface area contributed by atoms with Gasteiger partial charge in [0.15, 0.2) is 5.11 Å². The maximum atomic E-state index is 13.6. The van der Waals surface area contributed by atoms with Crippen molar-refractivity contribution in [1.29, 1.82) is 5.26 Å². The van der Waals surface area contributed by atoms with Crippen molar-refractivity contribution in [3.8, 4) is 6.07 Å². The number of carbonyl (C=O) groups is 4. The number of thiocarbonyl (C=S) groups is 1. The van der Waals surface area contributed by atoms with Gasteiger partial charge >= 0.3 is 0 Å². The number of piperazine rings is 1. The summed E-state index contributed by atoms with van der Waals surface area (Å²) in [6, 6.07) is 11.0. The van der Waals surface area contributed by atoms with Gasteiger partial charge in [0.05, 0.1) is 52.4 Å². The van der Waals surface area contributed by atoms with Crippen LogP contribution in [0, 0.1) is 11.3 Å². The van der Waals surface area contributed by atoms with Gasteiger partial charge in [-0.05, 0) is 109 Å². The first-order valence-corrected chi connectivity index (χ1v) is 19.6. The largest absolute Gasteiger partial charge is 0.378 e. The Bertz CT molecular complexity index is 1800. The number of benzene rings is 1. The normalized spacial score (nSPS) is 26.5. The fourth-order valence-electron chi connectivity index (χ4n) is 8.38. The molecule has 0 bridgehead atoms. The molecule has 0 spiro atoms. The number of carbonyl (C=O) groups excluding carboxylic acids is 4. The third-order valence-electron chi connectivity index (χ3n) is 11.2. The van der Waals surface area contributed by atoms with Crippen LogP contribution in [0.25, 0.3) is 0 Å². The summed E-state index contributed by atoms with van der Waals surface area (Å²) < 4.78 is 6.35. The fraction of sp³-hybridized carbons (Fsp3) is 0.564. The van der Waals surface area contributed by atoms with Gasteiger partial charge in [-0.25, -0.2) is 0 Å². The molecular weight excluding hydrogens is 728 g/mol. The average Bonchev–Trinajstić information content (AvgIpc) is 3.31. The maximum absolute atomic E-state index is 13.6. The zero-order valence-corrected chi connectivity index (χ0v) is 32.9. The molecule has 3 aliphatic heterocycles. The van der Waals surface area contributed by atoms with E-state index < -0.39 is 11.5 Å². The molecular formula is C39H49ClN8O5S. The molecule has 288 valence electrons. The van der Waals surface area contributed by atoms with Gasteiger partial charge in [-0.1, -0.05) is 11.6 Å². The van der Waals surface area contributed by atoms with Gasteiger partial charge in [0.1, 0.15) is 11.6 Å². The molecule has 4 aliphatic rings. The summed E-state index contributed by atoms with van der Waals surface area (Å²) >= 11 is 12.2. The predicted molar refractivity (Wildman–Crippen MR) is 209 cm³/mol. The molecule has 2 N–H and O–H groups in total. The van der Waals surface area contributed by atoms with Gasteiger partial charge in [-0.15, -0.1) is 0 Å². The molecule has 2 aromatic rings. The molecule has 1 aromatic heterocycles. The second kappa shape index (κ2) is 16.8. The molecule has 15 heteroatoms. The molecule has 4 amide bonds. The van der Waals surface area contributed by atoms with E-state index in [1.54, 1.807) is 41.4 Å². The minimum absolute atomic E-state index is 0.104. The van der Waals surface area contributed by atoms with Gasteiger partial charge in [0, 0.05) is 50.8 Å². The number of ether oxygens (including phenoxy) is 1.